The molecule has 1 aliphatic rings. The Morgan fingerprint density at radius 3 is 2.62 bits per heavy atom. The summed E-state index contributed by atoms with van der Waals surface area (Å²) in [5, 5.41) is 0. The van der Waals surface area contributed by atoms with E-state index in [9.17, 15) is 26.8 Å². The van der Waals surface area contributed by atoms with Gasteiger partial charge in [0.1, 0.15) is 0 Å². The number of H-pyrrole nitrogens is 1. The van der Waals surface area contributed by atoms with Gasteiger partial charge in [-0.15, -0.1) is 0 Å². The summed E-state index contributed by atoms with van der Waals surface area (Å²) in [5.74, 6) is -2.14. The lowest BCUT2D eigenvalue weighted by molar-refractivity contribution is -0.100. The van der Waals surface area contributed by atoms with Crippen LogP contribution in [0.2, 0.25) is 0 Å². The fraction of sp³-hybridized carbons (Fsp3) is 0.733. The van der Waals surface area contributed by atoms with E-state index in [2.05, 4.69) is 0 Å². The number of aromatic nitrogens is 2. The summed E-state index contributed by atoms with van der Waals surface area (Å²) in [5.41, 5.74) is -3.29. The highest BCUT2D eigenvalue weighted by Crippen LogP contribution is 2.46. The molecule has 0 aromatic carbocycles. The summed E-state index contributed by atoms with van der Waals surface area (Å²) in [6, 6.07) is 0. The first-order valence-corrected chi connectivity index (χ1v) is 9.84. The summed E-state index contributed by atoms with van der Waals surface area (Å²) in [4.78, 5) is 24.8. The molecule has 26 heavy (non-hydrogen) atoms. The standard InChI is InChI=1S/C15H22F2N2O6S/c1-4-15(6-7-24-26(22,23)5-2)9(3)11(17)13(25-15)19-8-10(16)12(20)18-14(19)21/h8-9,11,13H,4-7H2,1-3H3,(H,18,20,21)/t9-,11-,13+,15-/m0/s1. The molecule has 1 aromatic rings. The topological polar surface area (TPSA) is 107 Å². The van der Waals surface area contributed by atoms with E-state index in [1.54, 1.807) is 18.8 Å². The first-order valence-electron chi connectivity index (χ1n) is 8.27. The number of hydrogen-bond donors (Lipinski definition) is 1. The molecule has 148 valence electrons. The van der Waals surface area contributed by atoms with Crippen LogP contribution in [-0.4, -0.2) is 42.1 Å². The number of hydrogen-bond acceptors (Lipinski definition) is 6. The molecular weight excluding hydrogens is 374 g/mol. The highest BCUT2D eigenvalue weighted by molar-refractivity contribution is 7.86. The van der Waals surface area contributed by atoms with Crippen molar-refractivity contribution in [1.82, 2.24) is 9.55 Å². The summed E-state index contributed by atoms with van der Waals surface area (Å²) in [6.45, 7) is 4.53. The van der Waals surface area contributed by atoms with E-state index in [4.69, 9.17) is 8.92 Å². The Morgan fingerprint density at radius 1 is 1.38 bits per heavy atom. The van der Waals surface area contributed by atoms with Crippen molar-refractivity contribution in [3.05, 3.63) is 32.9 Å². The van der Waals surface area contributed by atoms with Gasteiger partial charge in [0.05, 0.1) is 24.2 Å². The van der Waals surface area contributed by atoms with Crippen molar-refractivity contribution >= 4 is 10.1 Å². The van der Waals surface area contributed by atoms with Crippen LogP contribution in [0.25, 0.3) is 0 Å². The minimum absolute atomic E-state index is 0.0708. The molecular formula is C15H22F2N2O6S. The average molecular weight is 396 g/mol. The number of nitrogens with one attached hydrogen (secondary N) is 1. The van der Waals surface area contributed by atoms with Gasteiger partial charge in [-0.1, -0.05) is 13.8 Å². The molecule has 1 N–H and O–H groups in total. The summed E-state index contributed by atoms with van der Waals surface area (Å²) >= 11 is 0. The van der Waals surface area contributed by atoms with Crippen LogP contribution in [0.3, 0.4) is 0 Å². The van der Waals surface area contributed by atoms with Crippen LogP contribution in [0, 0.1) is 11.7 Å². The van der Waals surface area contributed by atoms with E-state index in [-0.39, 0.29) is 18.8 Å². The van der Waals surface area contributed by atoms with Crippen molar-refractivity contribution in [1.29, 1.82) is 0 Å². The highest BCUT2D eigenvalue weighted by atomic mass is 32.2. The van der Waals surface area contributed by atoms with E-state index in [1.807, 2.05) is 0 Å². The molecule has 0 bridgehead atoms. The molecule has 0 aliphatic carbocycles. The molecule has 1 aromatic heterocycles. The van der Waals surface area contributed by atoms with Gasteiger partial charge in [0.2, 0.25) is 5.82 Å². The third-order valence-corrected chi connectivity index (χ3v) is 6.11. The first-order chi connectivity index (χ1) is 12.1. The molecule has 4 atom stereocenters. The van der Waals surface area contributed by atoms with Crippen LogP contribution in [0.15, 0.2) is 15.8 Å². The van der Waals surface area contributed by atoms with Crippen molar-refractivity contribution in [3.63, 3.8) is 0 Å². The second-order valence-corrected chi connectivity index (χ2v) is 8.15. The molecule has 0 saturated carbocycles. The number of alkyl halides is 1. The van der Waals surface area contributed by atoms with Gasteiger partial charge in [0.15, 0.2) is 12.4 Å². The number of nitrogens with zero attached hydrogens (tertiary/aromatic N) is 1. The van der Waals surface area contributed by atoms with Gasteiger partial charge >= 0.3 is 5.69 Å². The maximum absolute atomic E-state index is 14.8. The van der Waals surface area contributed by atoms with Gasteiger partial charge in [-0.25, -0.2) is 9.18 Å². The Bertz CT molecular complexity index is 868. The Morgan fingerprint density at radius 2 is 2.04 bits per heavy atom. The van der Waals surface area contributed by atoms with Gasteiger partial charge in [0, 0.05) is 12.3 Å². The molecule has 0 spiro atoms. The summed E-state index contributed by atoms with van der Waals surface area (Å²) < 4.78 is 62.5. The Hall–Kier alpha value is -1.59. The smallest absolute Gasteiger partial charge is 0.330 e. The number of ether oxygens (including phenoxy) is 1. The second kappa shape index (κ2) is 7.57. The molecule has 8 nitrogen and oxygen atoms in total. The van der Waals surface area contributed by atoms with E-state index in [0.29, 0.717) is 17.2 Å². The quantitative estimate of drug-likeness (QED) is 0.691. The number of aromatic amines is 1. The lowest BCUT2D eigenvalue weighted by Crippen LogP contribution is -2.37. The van der Waals surface area contributed by atoms with Crippen LogP contribution in [0.4, 0.5) is 8.78 Å². The average Bonchev–Trinajstić information content (AvgIpc) is 2.83. The van der Waals surface area contributed by atoms with Crippen molar-refractivity contribution in [2.75, 3.05) is 12.4 Å². The summed E-state index contributed by atoms with van der Waals surface area (Å²) in [7, 11) is -3.65. The highest BCUT2D eigenvalue weighted by Gasteiger charge is 2.53. The maximum Gasteiger partial charge on any atom is 0.330 e. The van der Waals surface area contributed by atoms with E-state index < -0.39 is 51.1 Å². The van der Waals surface area contributed by atoms with Crippen LogP contribution in [0.1, 0.15) is 39.8 Å². The molecule has 2 rings (SSSR count). The fourth-order valence-corrected chi connectivity index (χ4v) is 3.61. The lowest BCUT2D eigenvalue weighted by Gasteiger charge is -2.31. The van der Waals surface area contributed by atoms with Gasteiger partial charge in [0.25, 0.3) is 15.7 Å². The van der Waals surface area contributed by atoms with Crippen LogP contribution in [-0.2, 0) is 19.0 Å². The van der Waals surface area contributed by atoms with Gasteiger partial charge in [-0.05, 0) is 13.3 Å². The minimum Gasteiger partial charge on any atom is -0.348 e. The molecule has 2 heterocycles. The molecule has 1 fully saturated rings. The second-order valence-electron chi connectivity index (χ2n) is 6.22. The zero-order valence-electron chi connectivity index (χ0n) is 14.7. The normalized spacial score (nSPS) is 29.2. The SMILES string of the molecule is CC[C@@]1(CCOS(=O)(=O)CC)O[C@@H](n2cc(F)c(=O)[nH]c2=O)[C@@H](F)[C@@H]1C. The zero-order valence-corrected chi connectivity index (χ0v) is 15.5. The van der Waals surface area contributed by atoms with Crippen molar-refractivity contribution < 1.29 is 26.1 Å². The Kier molecular flexibility index (Phi) is 6.03. The van der Waals surface area contributed by atoms with Crippen molar-refractivity contribution in [3.8, 4) is 0 Å². The third kappa shape index (κ3) is 3.89. The number of halogens is 2. The van der Waals surface area contributed by atoms with E-state index >= 15 is 0 Å². The first kappa shape index (κ1) is 20.7. The fourth-order valence-electron chi connectivity index (χ4n) is 3.10. The monoisotopic (exact) mass is 396 g/mol. The van der Waals surface area contributed by atoms with E-state index in [1.165, 1.54) is 6.92 Å². The van der Waals surface area contributed by atoms with Gasteiger partial charge in [-0.3, -0.25) is 18.5 Å². The predicted octanol–water partition coefficient (Wildman–Crippen LogP) is 1.08. The molecule has 0 radical (unpaired) electrons. The molecule has 0 amide bonds. The number of rotatable bonds is 7. The molecule has 0 unspecified atom stereocenters. The van der Waals surface area contributed by atoms with Crippen molar-refractivity contribution in [2.45, 2.75) is 51.6 Å². The van der Waals surface area contributed by atoms with Crippen LogP contribution in [0.5, 0.6) is 0 Å². The Balaban J connectivity index is 2.28. The predicted molar refractivity (Wildman–Crippen MR) is 88.5 cm³/mol. The molecule has 1 saturated heterocycles. The van der Waals surface area contributed by atoms with Gasteiger partial charge < -0.3 is 4.74 Å². The van der Waals surface area contributed by atoms with Crippen molar-refractivity contribution in [2.24, 2.45) is 5.92 Å². The van der Waals surface area contributed by atoms with Crippen LogP contribution < -0.4 is 11.2 Å². The summed E-state index contributed by atoms with van der Waals surface area (Å²) in [6.07, 6.45) is -2.11. The van der Waals surface area contributed by atoms with Crippen LogP contribution >= 0.6 is 0 Å². The largest absolute Gasteiger partial charge is 0.348 e. The molecule has 1 aliphatic heterocycles. The third-order valence-electron chi connectivity index (χ3n) is 4.87. The Labute approximate surface area is 149 Å². The minimum atomic E-state index is -3.65. The lowest BCUT2D eigenvalue weighted by atomic mass is 9.83. The van der Waals surface area contributed by atoms with E-state index in [0.717, 1.165) is 0 Å². The maximum atomic E-state index is 14.8. The van der Waals surface area contributed by atoms with Gasteiger partial charge in [-0.2, -0.15) is 12.8 Å². The zero-order chi connectivity index (χ0) is 19.7. The molecule has 11 heteroatoms.